The van der Waals surface area contributed by atoms with Crippen LogP contribution in [0.1, 0.15) is 56.6 Å². The van der Waals surface area contributed by atoms with Crippen molar-refractivity contribution in [3.05, 3.63) is 82.9 Å². The van der Waals surface area contributed by atoms with Crippen LogP contribution in [0.2, 0.25) is 23.7 Å². The summed E-state index contributed by atoms with van der Waals surface area (Å²) < 4.78 is 12.4. The van der Waals surface area contributed by atoms with E-state index < -0.39 is 13.7 Å². The minimum Gasteiger partial charge on any atom is -0.497 e. The topological polar surface area (TPSA) is 79.3 Å². The summed E-state index contributed by atoms with van der Waals surface area (Å²) in [5.74, 6) is 0.686. The van der Waals surface area contributed by atoms with E-state index >= 15 is 0 Å². The standard InChI is InChI=1S/C37H45ClN2O5Si/c1-25-35(46(3,4)30-16-14-29(44-2)15-17-30)33(19-21-41)45-37(25)31-23-27(38)13-18-32(31)40(36(37)43)24-26-10-9-11-28(22-26)39-20-8-6-5-7-12-34(39)42/h9-11,13-18,22-23,25,33,35,41H,5-8,12,19-21,24H2,1-4H3/t25-,33+,35-,37+/m1/s1. The first-order valence-corrected chi connectivity index (χ1v) is 20.0. The Bertz CT molecular complexity index is 1600. The van der Waals surface area contributed by atoms with E-state index in [0.717, 1.165) is 53.9 Å². The number of aliphatic hydroxyl groups excluding tert-OH is 1. The van der Waals surface area contributed by atoms with E-state index in [9.17, 15) is 14.7 Å². The average Bonchev–Trinajstić information content (AvgIpc) is 3.46. The molecule has 3 heterocycles. The molecule has 46 heavy (non-hydrogen) atoms. The Hall–Kier alpha value is -3.17. The molecule has 1 spiro atoms. The van der Waals surface area contributed by atoms with Gasteiger partial charge < -0.3 is 24.4 Å². The van der Waals surface area contributed by atoms with Crippen LogP contribution >= 0.6 is 11.6 Å². The third kappa shape index (κ3) is 5.67. The van der Waals surface area contributed by atoms with Gasteiger partial charge in [0.15, 0.2) is 5.60 Å². The van der Waals surface area contributed by atoms with E-state index in [-0.39, 0.29) is 36.0 Å². The molecule has 2 fully saturated rings. The number of rotatable bonds is 8. The Kier molecular flexibility index (Phi) is 9.36. The van der Waals surface area contributed by atoms with E-state index in [1.807, 2.05) is 64.4 Å². The fourth-order valence-electron chi connectivity index (χ4n) is 8.28. The normalized spacial score (nSPS) is 25.1. The Morgan fingerprint density at radius 1 is 1.02 bits per heavy atom. The number of hydrogen-bond donors (Lipinski definition) is 1. The second-order valence-electron chi connectivity index (χ2n) is 13.6. The van der Waals surface area contributed by atoms with E-state index in [1.54, 1.807) is 7.11 Å². The van der Waals surface area contributed by atoms with Crippen molar-refractivity contribution in [1.82, 2.24) is 0 Å². The second kappa shape index (κ2) is 13.1. The summed E-state index contributed by atoms with van der Waals surface area (Å²) >= 11 is 6.62. The van der Waals surface area contributed by atoms with Gasteiger partial charge in [0, 0.05) is 41.8 Å². The summed E-state index contributed by atoms with van der Waals surface area (Å²) in [6.07, 6.45) is 4.84. The molecule has 1 N–H and O–H groups in total. The van der Waals surface area contributed by atoms with Gasteiger partial charge >= 0.3 is 0 Å². The SMILES string of the molecule is COc1ccc([Si](C)(C)[C@H]2[C@H](CCO)O[C@@]3(C(=O)N(Cc4cccc(N5CCCCCCC5=O)c4)c4ccc(Cl)cc43)[C@@H]2C)cc1. The van der Waals surface area contributed by atoms with Crippen LogP contribution in [0.5, 0.6) is 5.75 Å². The minimum absolute atomic E-state index is 0.0284. The molecule has 2 saturated heterocycles. The van der Waals surface area contributed by atoms with Crippen LogP contribution in [-0.2, 0) is 26.5 Å². The highest BCUT2D eigenvalue weighted by molar-refractivity contribution is 6.91. The predicted molar refractivity (Wildman–Crippen MR) is 186 cm³/mol. The van der Waals surface area contributed by atoms with Crippen molar-refractivity contribution in [1.29, 1.82) is 0 Å². The lowest BCUT2D eigenvalue weighted by Gasteiger charge is -2.37. The highest BCUT2D eigenvalue weighted by Gasteiger charge is 2.66. The van der Waals surface area contributed by atoms with Crippen molar-refractivity contribution in [2.75, 3.05) is 30.1 Å². The van der Waals surface area contributed by atoms with Crippen LogP contribution in [-0.4, -0.2) is 51.4 Å². The van der Waals surface area contributed by atoms with Gasteiger partial charge in [0.25, 0.3) is 5.91 Å². The first-order chi connectivity index (χ1) is 22.1. The van der Waals surface area contributed by atoms with Crippen molar-refractivity contribution in [3.63, 3.8) is 0 Å². The molecule has 3 aliphatic heterocycles. The van der Waals surface area contributed by atoms with Gasteiger partial charge in [-0.05, 0) is 72.8 Å². The van der Waals surface area contributed by atoms with Crippen molar-refractivity contribution in [2.24, 2.45) is 5.92 Å². The molecular formula is C37H45ClN2O5Si. The number of hydrogen-bond acceptors (Lipinski definition) is 5. The fourth-order valence-corrected chi connectivity index (χ4v) is 12.5. The summed E-state index contributed by atoms with van der Waals surface area (Å²) in [4.78, 5) is 31.7. The Balaban J connectivity index is 1.37. The average molecular weight is 661 g/mol. The summed E-state index contributed by atoms with van der Waals surface area (Å²) in [5, 5.41) is 12.0. The quantitative estimate of drug-likeness (QED) is 0.269. The van der Waals surface area contributed by atoms with Crippen molar-refractivity contribution in [2.45, 2.75) is 82.3 Å². The Morgan fingerprint density at radius 2 is 1.78 bits per heavy atom. The van der Waals surface area contributed by atoms with Crippen LogP contribution in [0.3, 0.4) is 0 Å². The van der Waals surface area contributed by atoms with Crippen molar-refractivity contribution < 1.29 is 24.2 Å². The molecule has 244 valence electrons. The summed E-state index contributed by atoms with van der Waals surface area (Å²) in [6, 6.07) is 21.9. The fraction of sp³-hybridized carbons (Fsp3) is 0.459. The van der Waals surface area contributed by atoms with E-state index in [0.29, 0.717) is 31.0 Å². The van der Waals surface area contributed by atoms with Crippen LogP contribution in [0.25, 0.3) is 0 Å². The molecule has 0 radical (unpaired) electrons. The van der Waals surface area contributed by atoms with Gasteiger partial charge in [-0.15, -0.1) is 0 Å². The zero-order valence-electron chi connectivity index (χ0n) is 27.3. The lowest BCUT2D eigenvalue weighted by Crippen LogP contribution is -2.51. The number of anilines is 2. The third-order valence-corrected chi connectivity index (χ3v) is 15.2. The van der Waals surface area contributed by atoms with Gasteiger partial charge in [-0.1, -0.05) is 73.9 Å². The highest BCUT2D eigenvalue weighted by Crippen LogP contribution is 2.60. The maximum absolute atomic E-state index is 14.9. The van der Waals surface area contributed by atoms with Crippen LogP contribution < -0.4 is 19.7 Å². The molecule has 4 atom stereocenters. The van der Waals surface area contributed by atoms with Crippen molar-refractivity contribution in [3.8, 4) is 5.75 Å². The minimum atomic E-state index is -2.27. The van der Waals surface area contributed by atoms with E-state index in [1.165, 1.54) is 5.19 Å². The predicted octanol–water partition coefficient (Wildman–Crippen LogP) is 6.79. The molecule has 6 rings (SSSR count). The molecule has 9 heteroatoms. The number of ether oxygens (including phenoxy) is 2. The second-order valence-corrected chi connectivity index (χ2v) is 18.7. The maximum atomic E-state index is 14.9. The number of amides is 2. The number of carbonyl (C=O) groups is 2. The number of methoxy groups -OCH3 is 1. The zero-order chi connectivity index (χ0) is 32.6. The van der Waals surface area contributed by atoms with E-state index in [4.69, 9.17) is 21.1 Å². The van der Waals surface area contributed by atoms with Gasteiger partial charge in [-0.2, -0.15) is 0 Å². The Morgan fingerprint density at radius 3 is 2.52 bits per heavy atom. The number of aliphatic hydroxyl groups is 1. The van der Waals surface area contributed by atoms with E-state index in [2.05, 4.69) is 32.2 Å². The molecular weight excluding hydrogens is 616 g/mol. The highest BCUT2D eigenvalue weighted by atomic mass is 35.5. The van der Waals surface area contributed by atoms with Gasteiger partial charge in [0.05, 0.1) is 33.5 Å². The molecule has 0 saturated carbocycles. The van der Waals surface area contributed by atoms with Gasteiger partial charge in [-0.3, -0.25) is 9.59 Å². The summed E-state index contributed by atoms with van der Waals surface area (Å²) in [6.45, 7) is 7.82. The maximum Gasteiger partial charge on any atom is 0.264 e. The lowest BCUT2D eigenvalue weighted by atomic mass is 9.82. The van der Waals surface area contributed by atoms with Gasteiger partial charge in [0.1, 0.15) is 5.75 Å². The molecule has 0 unspecified atom stereocenters. The summed E-state index contributed by atoms with van der Waals surface area (Å²) in [7, 11) is -0.609. The smallest absolute Gasteiger partial charge is 0.264 e. The van der Waals surface area contributed by atoms with Crippen molar-refractivity contribution >= 4 is 48.1 Å². The molecule has 0 aliphatic carbocycles. The Labute approximate surface area is 278 Å². The van der Waals surface area contributed by atoms with Crippen LogP contribution in [0.4, 0.5) is 11.4 Å². The number of carbonyl (C=O) groups excluding carboxylic acids is 2. The molecule has 2 amide bonds. The molecule has 3 aromatic carbocycles. The number of halogens is 1. The largest absolute Gasteiger partial charge is 0.497 e. The monoisotopic (exact) mass is 660 g/mol. The third-order valence-electron chi connectivity index (χ3n) is 10.6. The summed E-state index contributed by atoms with van der Waals surface area (Å²) in [5.41, 5.74) is 2.23. The zero-order valence-corrected chi connectivity index (χ0v) is 29.1. The number of fused-ring (bicyclic) bond motifs is 2. The molecule has 0 bridgehead atoms. The first-order valence-electron chi connectivity index (χ1n) is 16.6. The first kappa shape index (κ1) is 32.8. The van der Waals surface area contributed by atoms with Crippen LogP contribution in [0.15, 0.2) is 66.7 Å². The number of benzene rings is 3. The number of nitrogens with zero attached hydrogens (tertiary/aromatic N) is 2. The molecule has 7 nitrogen and oxygen atoms in total. The van der Waals surface area contributed by atoms with Gasteiger partial charge in [0.2, 0.25) is 5.91 Å². The molecule has 3 aromatic rings. The lowest BCUT2D eigenvalue weighted by molar-refractivity contribution is -0.146. The molecule has 3 aliphatic rings. The molecule has 0 aromatic heterocycles. The van der Waals surface area contributed by atoms with Crippen LogP contribution in [0, 0.1) is 5.92 Å². The van der Waals surface area contributed by atoms with Gasteiger partial charge in [-0.25, -0.2) is 0 Å².